The first-order chi connectivity index (χ1) is 13.0. The Kier molecular flexibility index (Phi) is 4.46. The average molecular weight is 367 g/mol. The Hall–Kier alpha value is -2.69. The van der Waals surface area contributed by atoms with Gasteiger partial charge in [-0.2, -0.15) is 0 Å². The number of benzene rings is 2. The van der Waals surface area contributed by atoms with Crippen molar-refractivity contribution < 1.29 is 18.7 Å². The van der Waals surface area contributed by atoms with Gasteiger partial charge in [0.05, 0.1) is 18.1 Å². The summed E-state index contributed by atoms with van der Waals surface area (Å²) < 4.78 is 17.9. The number of nitrogens with zero attached hydrogens (tertiary/aromatic N) is 1. The third-order valence-electron chi connectivity index (χ3n) is 5.92. The Bertz CT molecular complexity index is 893. The number of halogens is 1. The summed E-state index contributed by atoms with van der Waals surface area (Å²) in [6.45, 7) is 1.22. The number of methoxy groups -OCH3 is 1. The van der Waals surface area contributed by atoms with Crippen molar-refractivity contribution in [2.24, 2.45) is 5.41 Å². The van der Waals surface area contributed by atoms with E-state index in [0.717, 1.165) is 30.4 Å². The third-order valence-corrected chi connectivity index (χ3v) is 5.92. The van der Waals surface area contributed by atoms with Crippen molar-refractivity contribution in [3.05, 3.63) is 70.5 Å². The molecule has 0 bridgehead atoms. The summed E-state index contributed by atoms with van der Waals surface area (Å²) >= 11 is 0. The Labute approximate surface area is 157 Å². The summed E-state index contributed by atoms with van der Waals surface area (Å²) in [7, 11) is 1.37. The summed E-state index contributed by atoms with van der Waals surface area (Å²) in [4.78, 5) is 26.9. The molecule has 1 atom stereocenters. The molecule has 2 aliphatic rings. The highest BCUT2D eigenvalue weighted by atomic mass is 19.1. The van der Waals surface area contributed by atoms with Crippen molar-refractivity contribution in [3.63, 3.8) is 0 Å². The molecule has 2 aromatic rings. The Balaban J connectivity index is 1.54. The fourth-order valence-electron chi connectivity index (χ4n) is 4.36. The quantitative estimate of drug-likeness (QED) is 0.780. The Morgan fingerprint density at radius 3 is 2.67 bits per heavy atom. The molecule has 0 unspecified atom stereocenters. The van der Waals surface area contributed by atoms with Crippen LogP contribution in [0.15, 0.2) is 42.5 Å². The minimum Gasteiger partial charge on any atom is -0.465 e. The molecule has 0 saturated carbocycles. The van der Waals surface area contributed by atoms with Gasteiger partial charge < -0.3 is 9.64 Å². The lowest BCUT2D eigenvalue weighted by Crippen LogP contribution is -2.38. The summed E-state index contributed by atoms with van der Waals surface area (Å²) in [6, 6.07) is 12.0. The van der Waals surface area contributed by atoms with E-state index in [-0.39, 0.29) is 23.1 Å². The second-order valence-electron chi connectivity index (χ2n) is 7.54. The van der Waals surface area contributed by atoms with Gasteiger partial charge in [0.25, 0.3) is 0 Å². The fraction of sp³-hybridized carbons (Fsp3) is 0.364. The molecular formula is C22H22FNO3. The van der Waals surface area contributed by atoms with Crippen molar-refractivity contribution >= 4 is 11.9 Å². The highest BCUT2D eigenvalue weighted by Crippen LogP contribution is 2.44. The SMILES string of the molecule is COC(=O)c1ccc2c(c1)C[C@@]1(CC2)CCN(Cc2ccc(F)cc2)C1=O. The van der Waals surface area contributed by atoms with Crippen LogP contribution in [0.3, 0.4) is 0 Å². The van der Waals surface area contributed by atoms with Crippen LogP contribution < -0.4 is 0 Å². The van der Waals surface area contributed by atoms with Gasteiger partial charge >= 0.3 is 5.97 Å². The molecule has 1 saturated heterocycles. The van der Waals surface area contributed by atoms with Crippen LogP contribution in [-0.4, -0.2) is 30.4 Å². The van der Waals surface area contributed by atoms with E-state index in [0.29, 0.717) is 25.1 Å². The number of fused-ring (bicyclic) bond motifs is 1. The standard InChI is InChI=1S/C22H22FNO3/c1-27-20(25)17-5-4-16-8-9-22(13-18(16)12-17)10-11-24(21(22)26)14-15-2-6-19(23)7-3-15/h2-7,12H,8-11,13-14H2,1H3/t22-/m1/s1. The second kappa shape index (κ2) is 6.80. The van der Waals surface area contributed by atoms with Crippen LogP contribution in [0.5, 0.6) is 0 Å². The zero-order valence-electron chi connectivity index (χ0n) is 15.3. The van der Waals surface area contributed by atoms with E-state index in [4.69, 9.17) is 4.74 Å². The molecule has 140 valence electrons. The molecule has 1 aliphatic carbocycles. The average Bonchev–Trinajstić information content (AvgIpc) is 2.98. The fourth-order valence-corrected chi connectivity index (χ4v) is 4.36. The molecule has 4 nitrogen and oxygen atoms in total. The van der Waals surface area contributed by atoms with E-state index in [1.54, 1.807) is 18.2 Å². The van der Waals surface area contributed by atoms with Crippen molar-refractivity contribution in [2.45, 2.75) is 32.2 Å². The number of likely N-dealkylation sites (tertiary alicyclic amines) is 1. The van der Waals surface area contributed by atoms with Crippen LogP contribution in [0.1, 0.15) is 39.9 Å². The lowest BCUT2D eigenvalue weighted by atomic mass is 9.70. The smallest absolute Gasteiger partial charge is 0.337 e. The van der Waals surface area contributed by atoms with E-state index in [2.05, 4.69) is 0 Å². The van der Waals surface area contributed by atoms with Gasteiger partial charge in [-0.15, -0.1) is 0 Å². The molecule has 1 fully saturated rings. The van der Waals surface area contributed by atoms with Crippen LogP contribution in [0.25, 0.3) is 0 Å². The Morgan fingerprint density at radius 1 is 1.15 bits per heavy atom. The molecule has 5 heteroatoms. The number of esters is 1. The van der Waals surface area contributed by atoms with Gasteiger partial charge in [0.1, 0.15) is 5.82 Å². The number of carbonyl (C=O) groups excluding carboxylic acids is 2. The van der Waals surface area contributed by atoms with Crippen LogP contribution in [0.2, 0.25) is 0 Å². The molecule has 1 heterocycles. The highest BCUT2D eigenvalue weighted by Gasteiger charge is 2.48. The maximum absolute atomic E-state index is 13.2. The molecule has 2 aromatic carbocycles. The number of hydrogen-bond acceptors (Lipinski definition) is 3. The highest BCUT2D eigenvalue weighted by molar-refractivity contribution is 5.90. The van der Waals surface area contributed by atoms with Crippen LogP contribution in [0.4, 0.5) is 4.39 Å². The van der Waals surface area contributed by atoms with Crippen molar-refractivity contribution in [2.75, 3.05) is 13.7 Å². The lowest BCUT2D eigenvalue weighted by molar-refractivity contribution is -0.137. The number of rotatable bonds is 3. The molecule has 27 heavy (non-hydrogen) atoms. The van der Waals surface area contributed by atoms with E-state index in [1.165, 1.54) is 24.8 Å². The predicted molar refractivity (Wildman–Crippen MR) is 98.7 cm³/mol. The molecule has 0 radical (unpaired) electrons. The maximum Gasteiger partial charge on any atom is 0.337 e. The van der Waals surface area contributed by atoms with E-state index in [1.807, 2.05) is 17.0 Å². The molecule has 0 N–H and O–H groups in total. The van der Waals surface area contributed by atoms with Crippen molar-refractivity contribution in [1.29, 1.82) is 0 Å². The van der Waals surface area contributed by atoms with Crippen LogP contribution in [-0.2, 0) is 28.9 Å². The molecule has 1 amide bonds. The normalized spacial score (nSPS) is 21.4. The predicted octanol–water partition coefficient (Wildman–Crippen LogP) is 3.52. The largest absolute Gasteiger partial charge is 0.465 e. The summed E-state index contributed by atoms with van der Waals surface area (Å²) in [5.41, 5.74) is 3.36. The number of hydrogen-bond donors (Lipinski definition) is 0. The zero-order chi connectivity index (χ0) is 19.0. The van der Waals surface area contributed by atoms with Crippen LogP contribution >= 0.6 is 0 Å². The number of ether oxygens (including phenoxy) is 1. The first-order valence-electron chi connectivity index (χ1n) is 9.25. The van der Waals surface area contributed by atoms with Gasteiger partial charge in [-0.05, 0) is 66.6 Å². The van der Waals surface area contributed by atoms with Crippen molar-refractivity contribution in [3.8, 4) is 0 Å². The molecule has 4 rings (SSSR count). The summed E-state index contributed by atoms with van der Waals surface area (Å²) in [5.74, 6) is -0.456. The minimum atomic E-state index is -0.387. The van der Waals surface area contributed by atoms with Gasteiger partial charge in [0, 0.05) is 13.1 Å². The topological polar surface area (TPSA) is 46.6 Å². The summed E-state index contributed by atoms with van der Waals surface area (Å²) in [5, 5.41) is 0. The van der Waals surface area contributed by atoms with E-state index < -0.39 is 0 Å². The maximum atomic E-state index is 13.2. The first kappa shape index (κ1) is 17.7. The second-order valence-corrected chi connectivity index (χ2v) is 7.54. The van der Waals surface area contributed by atoms with Gasteiger partial charge in [0.2, 0.25) is 5.91 Å². The number of carbonyl (C=O) groups is 2. The van der Waals surface area contributed by atoms with Crippen molar-refractivity contribution in [1.82, 2.24) is 4.90 Å². The van der Waals surface area contributed by atoms with E-state index >= 15 is 0 Å². The van der Waals surface area contributed by atoms with E-state index in [9.17, 15) is 14.0 Å². The summed E-state index contributed by atoms with van der Waals surface area (Å²) in [6.07, 6.45) is 3.14. The lowest BCUT2D eigenvalue weighted by Gasteiger charge is -2.33. The van der Waals surface area contributed by atoms with Gasteiger partial charge in [-0.1, -0.05) is 18.2 Å². The van der Waals surface area contributed by atoms with Gasteiger partial charge in [-0.3, -0.25) is 4.79 Å². The molecular weight excluding hydrogens is 345 g/mol. The van der Waals surface area contributed by atoms with Gasteiger partial charge in [0.15, 0.2) is 0 Å². The molecule has 1 spiro atoms. The number of aryl methyl sites for hydroxylation is 1. The zero-order valence-corrected chi connectivity index (χ0v) is 15.3. The van der Waals surface area contributed by atoms with Crippen LogP contribution in [0, 0.1) is 11.2 Å². The first-order valence-corrected chi connectivity index (χ1v) is 9.25. The Morgan fingerprint density at radius 2 is 1.93 bits per heavy atom. The monoisotopic (exact) mass is 367 g/mol. The molecule has 1 aliphatic heterocycles. The number of amides is 1. The molecule has 0 aromatic heterocycles. The van der Waals surface area contributed by atoms with Gasteiger partial charge in [-0.25, -0.2) is 9.18 Å². The third kappa shape index (κ3) is 3.22. The minimum absolute atomic E-state index is 0.168.